The molecule has 0 N–H and O–H groups in total. The van der Waals surface area contributed by atoms with Gasteiger partial charge in [-0.25, -0.2) is 9.18 Å². The summed E-state index contributed by atoms with van der Waals surface area (Å²) in [6.45, 7) is -1.17. The summed E-state index contributed by atoms with van der Waals surface area (Å²) in [6.07, 6.45) is 0. The maximum absolute atomic E-state index is 11.3. The summed E-state index contributed by atoms with van der Waals surface area (Å²) in [5.74, 6) is -1.06. The standard InChI is InChI=1S/C4H4Cl3FO2/c5-4(6,7)3(9)10-2-1-8/h1-2H2. The average molecular weight is 209 g/mol. The molecule has 0 amide bonds. The Balaban J connectivity index is 3.64. The van der Waals surface area contributed by atoms with Gasteiger partial charge in [-0.15, -0.1) is 0 Å². The van der Waals surface area contributed by atoms with Gasteiger partial charge in [0.05, 0.1) is 0 Å². The lowest BCUT2D eigenvalue weighted by Crippen LogP contribution is -2.22. The molecular formula is C4H4Cl3FO2. The maximum Gasteiger partial charge on any atom is 0.358 e. The van der Waals surface area contributed by atoms with Gasteiger partial charge in [0.1, 0.15) is 13.3 Å². The van der Waals surface area contributed by atoms with E-state index in [1.165, 1.54) is 0 Å². The largest absolute Gasteiger partial charge is 0.460 e. The van der Waals surface area contributed by atoms with Crippen molar-refractivity contribution in [2.75, 3.05) is 13.3 Å². The number of hydrogen-bond acceptors (Lipinski definition) is 2. The average Bonchev–Trinajstić information content (AvgIpc) is 1.80. The molecule has 0 radical (unpaired) electrons. The van der Waals surface area contributed by atoms with Crippen LogP contribution in [0.4, 0.5) is 4.39 Å². The summed E-state index contributed by atoms with van der Waals surface area (Å²) in [7, 11) is 0. The molecule has 0 aromatic heterocycles. The number of carbonyl (C=O) groups is 1. The third-order valence-electron chi connectivity index (χ3n) is 0.542. The summed E-state index contributed by atoms with van der Waals surface area (Å²) < 4.78 is 13.4. The van der Waals surface area contributed by atoms with Crippen molar-refractivity contribution in [2.45, 2.75) is 3.79 Å². The molecule has 6 heteroatoms. The van der Waals surface area contributed by atoms with E-state index in [-0.39, 0.29) is 6.61 Å². The fourth-order valence-electron chi connectivity index (χ4n) is 0.213. The van der Waals surface area contributed by atoms with Crippen LogP contribution in [-0.4, -0.2) is 23.0 Å². The molecule has 0 aliphatic heterocycles. The molecule has 0 saturated carbocycles. The SMILES string of the molecule is O=C(OCCF)C(Cl)(Cl)Cl. The number of esters is 1. The second kappa shape index (κ2) is 4.21. The Hall–Kier alpha value is 0.270. The number of carbonyl (C=O) groups excluding carboxylic acids is 1. The maximum atomic E-state index is 11.3. The van der Waals surface area contributed by atoms with Crippen LogP contribution in [-0.2, 0) is 9.53 Å². The molecule has 0 bridgehead atoms. The minimum absolute atomic E-state index is 0.382. The zero-order valence-electron chi connectivity index (χ0n) is 4.74. The molecular weight excluding hydrogens is 205 g/mol. The monoisotopic (exact) mass is 208 g/mol. The summed E-state index contributed by atoms with van der Waals surface area (Å²) in [5, 5.41) is 0. The van der Waals surface area contributed by atoms with Crippen LogP contribution in [0.25, 0.3) is 0 Å². The van der Waals surface area contributed by atoms with Gasteiger partial charge in [-0.05, 0) is 0 Å². The molecule has 0 rings (SSSR count). The molecule has 0 aliphatic rings. The first-order valence-electron chi connectivity index (χ1n) is 2.28. The van der Waals surface area contributed by atoms with Gasteiger partial charge in [-0.2, -0.15) is 0 Å². The van der Waals surface area contributed by atoms with Crippen molar-refractivity contribution in [3.05, 3.63) is 0 Å². The smallest absolute Gasteiger partial charge is 0.358 e. The van der Waals surface area contributed by atoms with E-state index in [2.05, 4.69) is 4.74 Å². The normalized spacial score (nSPS) is 11.2. The van der Waals surface area contributed by atoms with Crippen molar-refractivity contribution >= 4 is 40.8 Å². The van der Waals surface area contributed by atoms with Crippen molar-refractivity contribution in [3.63, 3.8) is 0 Å². The lowest BCUT2D eigenvalue weighted by molar-refractivity contribution is -0.142. The van der Waals surface area contributed by atoms with Crippen molar-refractivity contribution in [2.24, 2.45) is 0 Å². The highest BCUT2D eigenvalue weighted by Crippen LogP contribution is 2.27. The minimum atomic E-state index is -2.10. The summed E-state index contributed by atoms with van der Waals surface area (Å²) in [5.41, 5.74) is 0. The van der Waals surface area contributed by atoms with E-state index in [4.69, 9.17) is 34.8 Å². The second-order valence-corrected chi connectivity index (χ2v) is 3.60. The summed E-state index contributed by atoms with van der Waals surface area (Å²) in [4.78, 5) is 10.4. The van der Waals surface area contributed by atoms with Crippen LogP contribution >= 0.6 is 34.8 Å². The Morgan fingerprint density at radius 1 is 1.50 bits per heavy atom. The molecule has 2 nitrogen and oxygen atoms in total. The summed E-state index contributed by atoms with van der Waals surface area (Å²) in [6, 6.07) is 0. The van der Waals surface area contributed by atoms with Crippen LogP contribution in [0.5, 0.6) is 0 Å². The van der Waals surface area contributed by atoms with Crippen LogP contribution in [0.2, 0.25) is 0 Å². The van der Waals surface area contributed by atoms with Gasteiger partial charge in [0, 0.05) is 0 Å². The van der Waals surface area contributed by atoms with E-state index in [9.17, 15) is 9.18 Å². The van der Waals surface area contributed by atoms with Crippen LogP contribution in [0.15, 0.2) is 0 Å². The highest BCUT2D eigenvalue weighted by Gasteiger charge is 2.32. The number of halogens is 4. The van der Waals surface area contributed by atoms with Gasteiger partial charge in [0.2, 0.25) is 0 Å². The molecule has 0 aliphatic carbocycles. The van der Waals surface area contributed by atoms with Crippen molar-refractivity contribution in [1.82, 2.24) is 0 Å². The van der Waals surface area contributed by atoms with E-state index in [1.807, 2.05) is 0 Å². The Morgan fingerprint density at radius 2 is 2.00 bits per heavy atom. The van der Waals surface area contributed by atoms with Crippen molar-refractivity contribution in [1.29, 1.82) is 0 Å². The lowest BCUT2D eigenvalue weighted by atomic mass is 10.7. The molecule has 0 spiro atoms. The number of alkyl halides is 4. The first kappa shape index (κ1) is 10.3. The van der Waals surface area contributed by atoms with Crippen LogP contribution in [0.1, 0.15) is 0 Å². The van der Waals surface area contributed by atoms with E-state index in [0.717, 1.165) is 0 Å². The predicted octanol–water partition coefficient (Wildman–Crippen LogP) is 1.87. The number of hydrogen-bond donors (Lipinski definition) is 0. The highest BCUT2D eigenvalue weighted by molar-refractivity contribution is 6.75. The fourth-order valence-corrected chi connectivity index (χ4v) is 0.377. The number of ether oxygens (including phenoxy) is 1. The van der Waals surface area contributed by atoms with E-state index in [0.29, 0.717) is 0 Å². The van der Waals surface area contributed by atoms with Gasteiger partial charge in [-0.1, -0.05) is 34.8 Å². The molecule has 0 atom stereocenters. The molecule has 0 saturated heterocycles. The van der Waals surface area contributed by atoms with E-state index < -0.39 is 16.4 Å². The third kappa shape index (κ3) is 4.14. The summed E-state index contributed by atoms with van der Waals surface area (Å²) >= 11 is 15.2. The van der Waals surface area contributed by atoms with Crippen LogP contribution in [0.3, 0.4) is 0 Å². The zero-order chi connectivity index (χ0) is 8.20. The Labute approximate surface area is 72.2 Å². The molecule has 0 unspecified atom stereocenters. The van der Waals surface area contributed by atoms with Gasteiger partial charge in [0.25, 0.3) is 3.79 Å². The molecule has 0 aromatic rings. The lowest BCUT2D eigenvalue weighted by Gasteiger charge is -2.08. The van der Waals surface area contributed by atoms with Crippen molar-refractivity contribution < 1.29 is 13.9 Å². The molecule has 0 fully saturated rings. The molecule has 0 aromatic carbocycles. The van der Waals surface area contributed by atoms with Gasteiger partial charge >= 0.3 is 5.97 Å². The Bertz CT molecular complexity index is 122. The molecule has 0 heterocycles. The first-order valence-corrected chi connectivity index (χ1v) is 3.42. The molecule has 60 valence electrons. The van der Waals surface area contributed by atoms with Gasteiger partial charge in [-0.3, -0.25) is 0 Å². The van der Waals surface area contributed by atoms with Crippen molar-refractivity contribution in [3.8, 4) is 0 Å². The molecule has 10 heavy (non-hydrogen) atoms. The van der Waals surface area contributed by atoms with Gasteiger partial charge < -0.3 is 4.74 Å². The van der Waals surface area contributed by atoms with Crippen LogP contribution in [0, 0.1) is 0 Å². The topological polar surface area (TPSA) is 26.3 Å². The third-order valence-corrected chi connectivity index (χ3v) is 1.00. The minimum Gasteiger partial charge on any atom is -0.460 e. The fraction of sp³-hybridized carbons (Fsp3) is 0.750. The van der Waals surface area contributed by atoms with Gasteiger partial charge in [0.15, 0.2) is 0 Å². The number of rotatable bonds is 2. The van der Waals surface area contributed by atoms with E-state index in [1.54, 1.807) is 0 Å². The quantitative estimate of drug-likeness (QED) is 0.513. The zero-order valence-corrected chi connectivity index (χ0v) is 7.01. The first-order chi connectivity index (χ1) is 4.48. The van der Waals surface area contributed by atoms with Crippen LogP contribution < -0.4 is 0 Å². The predicted molar refractivity (Wildman–Crippen MR) is 37.2 cm³/mol. The van der Waals surface area contributed by atoms with E-state index >= 15 is 0 Å². The Morgan fingerprint density at radius 3 is 2.30 bits per heavy atom. The Kier molecular flexibility index (Phi) is 4.32. The highest BCUT2D eigenvalue weighted by atomic mass is 35.6. The second-order valence-electron chi connectivity index (χ2n) is 1.32.